The van der Waals surface area contributed by atoms with Crippen LogP contribution >= 0.6 is 0 Å². The van der Waals surface area contributed by atoms with Gasteiger partial charge in [-0.25, -0.2) is 8.78 Å². The predicted octanol–water partition coefficient (Wildman–Crippen LogP) is 3.85. The number of carbonyl (C=O) groups excluding carboxylic acids is 1. The Hall–Kier alpha value is -2.07. The lowest BCUT2D eigenvalue weighted by Gasteiger charge is -2.16. The van der Waals surface area contributed by atoms with Gasteiger partial charge in [0.25, 0.3) is 0 Å². The molecule has 0 saturated heterocycles. The van der Waals surface area contributed by atoms with Crippen LogP contribution in [0.2, 0.25) is 0 Å². The van der Waals surface area contributed by atoms with Crippen LogP contribution in [0.25, 0.3) is 0 Å². The van der Waals surface area contributed by atoms with Crippen molar-refractivity contribution in [2.45, 2.75) is 19.4 Å². The first kappa shape index (κ1) is 15.3. The SMILES string of the molecule is CCOC(C(=O)Cc1cccc(F)c1F)c1ccccc1. The van der Waals surface area contributed by atoms with E-state index in [0.717, 1.165) is 6.07 Å². The Labute approximate surface area is 122 Å². The number of carbonyl (C=O) groups is 1. The van der Waals surface area contributed by atoms with Crippen LogP contribution in [-0.2, 0) is 16.0 Å². The number of Topliss-reactive ketones (excluding diaryl/α,β-unsaturated/α-hetero) is 1. The van der Waals surface area contributed by atoms with Crippen LogP contribution in [-0.4, -0.2) is 12.4 Å². The number of ketones is 1. The standard InChI is InChI=1S/C17H16F2O2/c1-2-21-17(12-7-4-3-5-8-12)15(20)11-13-9-6-10-14(18)16(13)19/h3-10,17H,2,11H2,1H3. The summed E-state index contributed by atoms with van der Waals surface area (Å²) in [6.07, 6.45) is -0.970. The minimum Gasteiger partial charge on any atom is -0.366 e. The molecule has 0 aliphatic carbocycles. The molecule has 110 valence electrons. The summed E-state index contributed by atoms with van der Waals surface area (Å²) in [5, 5.41) is 0. The molecule has 2 nitrogen and oxygen atoms in total. The molecule has 0 amide bonds. The molecule has 0 aliphatic heterocycles. The molecule has 0 radical (unpaired) electrons. The molecular weight excluding hydrogens is 274 g/mol. The van der Waals surface area contributed by atoms with Gasteiger partial charge in [-0.05, 0) is 24.1 Å². The van der Waals surface area contributed by atoms with E-state index in [2.05, 4.69) is 0 Å². The minimum atomic E-state index is -0.978. The molecule has 0 N–H and O–H groups in total. The Morgan fingerprint density at radius 1 is 1.10 bits per heavy atom. The second-order valence-corrected chi connectivity index (χ2v) is 4.60. The number of ether oxygens (including phenoxy) is 1. The number of halogens is 2. The third-order valence-electron chi connectivity index (χ3n) is 3.12. The zero-order valence-electron chi connectivity index (χ0n) is 11.7. The van der Waals surface area contributed by atoms with Gasteiger partial charge in [0.2, 0.25) is 0 Å². The second kappa shape index (κ2) is 7.09. The molecule has 0 heterocycles. The molecule has 0 spiro atoms. The Morgan fingerprint density at radius 2 is 1.81 bits per heavy atom. The normalized spacial score (nSPS) is 12.1. The quantitative estimate of drug-likeness (QED) is 0.807. The zero-order valence-corrected chi connectivity index (χ0v) is 11.7. The summed E-state index contributed by atoms with van der Waals surface area (Å²) < 4.78 is 32.3. The third-order valence-corrected chi connectivity index (χ3v) is 3.12. The van der Waals surface area contributed by atoms with Gasteiger partial charge in [-0.3, -0.25) is 4.79 Å². The van der Waals surface area contributed by atoms with Crippen molar-refractivity contribution in [1.29, 1.82) is 0 Å². The largest absolute Gasteiger partial charge is 0.366 e. The highest BCUT2D eigenvalue weighted by Crippen LogP contribution is 2.21. The highest BCUT2D eigenvalue weighted by atomic mass is 19.2. The third kappa shape index (κ3) is 3.73. The summed E-state index contributed by atoms with van der Waals surface area (Å²) in [6.45, 7) is 2.14. The molecule has 0 fully saturated rings. The zero-order chi connectivity index (χ0) is 15.2. The lowest BCUT2D eigenvalue weighted by Crippen LogP contribution is -2.19. The lowest BCUT2D eigenvalue weighted by atomic mass is 9.99. The summed E-state index contributed by atoms with van der Waals surface area (Å²) in [6, 6.07) is 12.8. The van der Waals surface area contributed by atoms with Crippen molar-refractivity contribution in [3.8, 4) is 0 Å². The van der Waals surface area contributed by atoms with Crippen molar-refractivity contribution < 1.29 is 18.3 Å². The Balaban J connectivity index is 2.21. The lowest BCUT2D eigenvalue weighted by molar-refractivity contribution is -0.130. The fraction of sp³-hybridized carbons (Fsp3) is 0.235. The molecule has 4 heteroatoms. The van der Waals surface area contributed by atoms with Crippen LogP contribution in [0.15, 0.2) is 48.5 Å². The van der Waals surface area contributed by atoms with E-state index < -0.39 is 17.7 Å². The van der Waals surface area contributed by atoms with Crippen molar-refractivity contribution in [2.75, 3.05) is 6.61 Å². The van der Waals surface area contributed by atoms with Crippen LogP contribution in [0.5, 0.6) is 0 Å². The van der Waals surface area contributed by atoms with Gasteiger partial charge in [-0.2, -0.15) is 0 Å². The van der Waals surface area contributed by atoms with Crippen LogP contribution in [0.3, 0.4) is 0 Å². The highest BCUT2D eigenvalue weighted by molar-refractivity contribution is 5.86. The first-order valence-corrected chi connectivity index (χ1v) is 6.75. The molecule has 0 bridgehead atoms. The molecule has 1 atom stereocenters. The molecule has 2 aromatic carbocycles. The van der Waals surface area contributed by atoms with E-state index >= 15 is 0 Å². The van der Waals surface area contributed by atoms with E-state index in [1.54, 1.807) is 31.2 Å². The topological polar surface area (TPSA) is 26.3 Å². The first-order chi connectivity index (χ1) is 10.1. The summed E-state index contributed by atoms with van der Waals surface area (Å²) in [5.41, 5.74) is 0.752. The molecule has 21 heavy (non-hydrogen) atoms. The summed E-state index contributed by atoms with van der Waals surface area (Å²) in [4.78, 5) is 12.4. The molecule has 2 rings (SSSR count). The van der Waals surface area contributed by atoms with Gasteiger partial charge >= 0.3 is 0 Å². The van der Waals surface area contributed by atoms with Gasteiger partial charge in [-0.15, -0.1) is 0 Å². The maximum absolute atomic E-state index is 13.6. The van der Waals surface area contributed by atoms with E-state index in [0.29, 0.717) is 12.2 Å². The monoisotopic (exact) mass is 290 g/mol. The van der Waals surface area contributed by atoms with Crippen LogP contribution in [0.4, 0.5) is 8.78 Å². The number of rotatable bonds is 6. The number of hydrogen-bond acceptors (Lipinski definition) is 2. The predicted molar refractivity (Wildman–Crippen MR) is 75.9 cm³/mol. The van der Waals surface area contributed by atoms with E-state index in [4.69, 9.17) is 4.74 Å². The Kier molecular flexibility index (Phi) is 5.17. The van der Waals surface area contributed by atoms with Gasteiger partial charge < -0.3 is 4.74 Å². The maximum atomic E-state index is 13.6. The smallest absolute Gasteiger partial charge is 0.170 e. The van der Waals surface area contributed by atoms with E-state index in [9.17, 15) is 13.6 Å². The van der Waals surface area contributed by atoms with Crippen LogP contribution in [0.1, 0.15) is 24.2 Å². The summed E-state index contributed by atoms with van der Waals surface area (Å²) >= 11 is 0. The Morgan fingerprint density at radius 3 is 2.48 bits per heavy atom. The average molecular weight is 290 g/mol. The van der Waals surface area contributed by atoms with Crippen molar-refractivity contribution in [3.05, 3.63) is 71.3 Å². The summed E-state index contributed by atoms with van der Waals surface area (Å²) in [5.74, 6) is -2.23. The fourth-order valence-corrected chi connectivity index (χ4v) is 2.13. The van der Waals surface area contributed by atoms with E-state index in [1.807, 2.05) is 6.07 Å². The van der Waals surface area contributed by atoms with Gasteiger partial charge in [0.15, 0.2) is 17.4 Å². The van der Waals surface area contributed by atoms with E-state index in [1.165, 1.54) is 12.1 Å². The van der Waals surface area contributed by atoms with Crippen molar-refractivity contribution in [2.24, 2.45) is 0 Å². The fourth-order valence-electron chi connectivity index (χ4n) is 2.13. The minimum absolute atomic E-state index is 0.0423. The number of hydrogen-bond donors (Lipinski definition) is 0. The maximum Gasteiger partial charge on any atom is 0.170 e. The number of benzene rings is 2. The van der Waals surface area contributed by atoms with Crippen molar-refractivity contribution in [1.82, 2.24) is 0 Å². The van der Waals surface area contributed by atoms with Gasteiger partial charge in [0.05, 0.1) is 0 Å². The molecular formula is C17H16F2O2. The average Bonchev–Trinajstić information content (AvgIpc) is 2.50. The van der Waals surface area contributed by atoms with Gasteiger partial charge in [0, 0.05) is 13.0 Å². The van der Waals surface area contributed by atoms with E-state index in [-0.39, 0.29) is 17.8 Å². The van der Waals surface area contributed by atoms with Crippen molar-refractivity contribution in [3.63, 3.8) is 0 Å². The molecule has 0 saturated carbocycles. The molecule has 2 aromatic rings. The van der Waals surface area contributed by atoms with Crippen LogP contribution in [0, 0.1) is 11.6 Å². The van der Waals surface area contributed by atoms with Crippen LogP contribution < -0.4 is 0 Å². The molecule has 1 unspecified atom stereocenters. The van der Waals surface area contributed by atoms with Crippen molar-refractivity contribution >= 4 is 5.78 Å². The molecule has 0 aliphatic rings. The summed E-state index contributed by atoms with van der Waals surface area (Å²) in [7, 11) is 0. The second-order valence-electron chi connectivity index (χ2n) is 4.60. The van der Waals surface area contributed by atoms with Gasteiger partial charge in [0.1, 0.15) is 6.10 Å². The Bertz CT molecular complexity index is 611. The molecule has 0 aromatic heterocycles. The van der Waals surface area contributed by atoms with Gasteiger partial charge in [-0.1, -0.05) is 42.5 Å². The highest BCUT2D eigenvalue weighted by Gasteiger charge is 2.22. The first-order valence-electron chi connectivity index (χ1n) is 6.75.